The molecule has 3 rings (SSSR count). The third-order valence-electron chi connectivity index (χ3n) is 3.92. The summed E-state index contributed by atoms with van der Waals surface area (Å²) in [6.45, 7) is 3.64. The van der Waals surface area contributed by atoms with Crippen molar-refractivity contribution in [2.45, 2.75) is 0 Å². The molecule has 0 atom stereocenters. The quantitative estimate of drug-likeness (QED) is 0.804. The lowest BCUT2D eigenvalue weighted by Crippen LogP contribution is -2.44. The summed E-state index contributed by atoms with van der Waals surface area (Å²) in [5.74, 6) is 0.922. The Labute approximate surface area is 141 Å². The molecule has 1 heterocycles. The Balaban J connectivity index is 1.59. The Morgan fingerprint density at radius 2 is 1.70 bits per heavy atom. The molecule has 0 aliphatic carbocycles. The number of nitrogens with zero attached hydrogens (tertiary/aromatic N) is 3. The highest BCUT2D eigenvalue weighted by Gasteiger charge is 2.18. The number of methoxy groups -OCH3 is 1. The van der Waals surface area contributed by atoms with E-state index in [9.17, 15) is 0 Å². The van der Waals surface area contributed by atoms with E-state index in [0.717, 1.165) is 48.2 Å². The maximum absolute atomic E-state index is 5.89. The van der Waals surface area contributed by atoms with Crippen LogP contribution < -0.4 is 9.64 Å². The van der Waals surface area contributed by atoms with Crippen LogP contribution in [0.4, 0.5) is 5.69 Å². The van der Waals surface area contributed by atoms with Gasteiger partial charge in [-0.15, -0.1) is 0 Å². The highest BCUT2D eigenvalue weighted by atomic mass is 35.5. The molecule has 4 nitrogen and oxygen atoms in total. The van der Waals surface area contributed by atoms with E-state index in [1.165, 1.54) is 0 Å². The zero-order valence-corrected chi connectivity index (χ0v) is 13.9. The van der Waals surface area contributed by atoms with Gasteiger partial charge in [-0.3, -0.25) is 5.01 Å². The molecule has 1 aliphatic heterocycles. The SMILES string of the molecule is COc1ccccc1N1CCN(N=Cc2ccc(Cl)cc2)CC1. The third kappa shape index (κ3) is 3.96. The molecule has 0 amide bonds. The summed E-state index contributed by atoms with van der Waals surface area (Å²) in [7, 11) is 1.71. The Morgan fingerprint density at radius 1 is 1.00 bits per heavy atom. The number of hydrogen-bond donors (Lipinski definition) is 0. The van der Waals surface area contributed by atoms with Gasteiger partial charge in [0.15, 0.2) is 0 Å². The first-order chi connectivity index (χ1) is 11.3. The topological polar surface area (TPSA) is 28.1 Å². The van der Waals surface area contributed by atoms with Crippen molar-refractivity contribution in [2.24, 2.45) is 5.10 Å². The molecule has 1 saturated heterocycles. The summed E-state index contributed by atoms with van der Waals surface area (Å²) in [5.41, 5.74) is 2.21. The Morgan fingerprint density at radius 3 is 2.39 bits per heavy atom. The molecule has 23 heavy (non-hydrogen) atoms. The number of hydrazone groups is 1. The number of anilines is 1. The molecule has 0 bridgehead atoms. The van der Waals surface area contributed by atoms with Gasteiger partial charge in [-0.1, -0.05) is 35.9 Å². The van der Waals surface area contributed by atoms with Crippen molar-refractivity contribution >= 4 is 23.5 Å². The summed E-state index contributed by atoms with van der Waals surface area (Å²) in [6, 6.07) is 15.8. The van der Waals surface area contributed by atoms with Gasteiger partial charge in [0.2, 0.25) is 0 Å². The average Bonchev–Trinajstić information content (AvgIpc) is 2.62. The molecule has 5 heteroatoms. The molecule has 120 valence electrons. The Bertz CT molecular complexity index is 664. The molecule has 0 radical (unpaired) electrons. The number of benzene rings is 2. The highest BCUT2D eigenvalue weighted by Crippen LogP contribution is 2.28. The van der Waals surface area contributed by atoms with Crippen LogP contribution in [0, 0.1) is 0 Å². The zero-order chi connectivity index (χ0) is 16.1. The second-order valence-corrected chi connectivity index (χ2v) is 5.85. The van der Waals surface area contributed by atoms with Crippen LogP contribution in [0.2, 0.25) is 5.02 Å². The van der Waals surface area contributed by atoms with Gasteiger partial charge < -0.3 is 9.64 Å². The van der Waals surface area contributed by atoms with Gasteiger partial charge in [-0.2, -0.15) is 5.10 Å². The van der Waals surface area contributed by atoms with Gasteiger partial charge in [0, 0.05) is 18.1 Å². The number of halogens is 1. The smallest absolute Gasteiger partial charge is 0.142 e. The van der Waals surface area contributed by atoms with Crippen molar-refractivity contribution in [3.05, 3.63) is 59.1 Å². The summed E-state index contributed by atoms with van der Waals surface area (Å²) in [5, 5.41) is 7.40. The van der Waals surface area contributed by atoms with Crippen molar-refractivity contribution in [3.63, 3.8) is 0 Å². The molecular formula is C18H20ClN3O. The molecule has 0 spiro atoms. The van der Waals surface area contributed by atoms with E-state index in [4.69, 9.17) is 16.3 Å². The van der Waals surface area contributed by atoms with Crippen molar-refractivity contribution < 1.29 is 4.74 Å². The predicted octanol–water partition coefficient (Wildman–Crippen LogP) is 3.50. The van der Waals surface area contributed by atoms with E-state index in [-0.39, 0.29) is 0 Å². The van der Waals surface area contributed by atoms with Gasteiger partial charge in [-0.05, 0) is 29.8 Å². The minimum Gasteiger partial charge on any atom is -0.495 e. The maximum atomic E-state index is 5.89. The van der Waals surface area contributed by atoms with Crippen LogP contribution in [-0.2, 0) is 0 Å². The van der Waals surface area contributed by atoms with Crippen LogP contribution in [0.25, 0.3) is 0 Å². The summed E-state index contributed by atoms with van der Waals surface area (Å²) < 4.78 is 5.44. The normalized spacial score (nSPS) is 15.2. The molecule has 2 aromatic carbocycles. The minimum atomic E-state index is 0.743. The van der Waals surface area contributed by atoms with Crippen LogP contribution in [0.1, 0.15) is 5.56 Å². The molecule has 0 saturated carbocycles. The van der Waals surface area contributed by atoms with E-state index in [1.807, 2.05) is 48.7 Å². The van der Waals surface area contributed by atoms with E-state index < -0.39 is 0 Å². The second kappa shape index (κ2) is 7.38. The lowest BCUT2D eigenvalue weighted by molar-refractivity contribution is 0.271. The predicted molar refractivity (Wildman–Crippen MR) is 95.8 cm³/mol. The molecule has 0 N–H and O–H groups in total. The van der Waals surface area contributed by atoms with Gasteiger partial charge in [0.1, 0.15) is 5.75 Å². The maximum Gasteiger partial charge on any atom is 0.142 e. The Kier molecular flexibility index (Phi) is 5.03. The fourth-order valence-electron chi connectivity index (χ4n) is 2.64. The van der Waals surface area contributed by atoms with Crippen LogP contribution >= 0.6 is 11.6 Å². The Hall–Kier alpha value is -2.20. The largest absolute Gasteiger partial charge is 0.495 e. The van der Waals surface area contributed by atoms with E-state index in [1.54, 1.807) is 7.11 Å². The number of para-hydroxylation sites is 2. The molecule has 1 aliphatic rings. The van der Waals surface area contributed by atoms with E-state index in [2.05, 4.69) is 21.1 Å². The summed E-state index contributed by atoms with van der Waals surface area (Å²) >= 11 is 5.89. The van der Waals surface area contributed by atoms with Gasteiger partial charge in [-0.25, -0.2) is 0 Å². The van der Waals surface area contributed by atoms with Crippen LogP contribution in [0.5, 0.6) is 5.75 Å². The van der Waals surface area contributed by atoms with Crippen molar-refractivity contribution in [1.29, 1.82) is 0 Å². The molecule has 0 aromatic heterocycles. The van der Waals surface area contributed by atoms with Crippen LogP contribution in [0.3, 0.4) is 0 Å². The van der Waals surface area contributed by atoms with E-state index in [0.29, 0.717) is 0 Å². The van der Waals surface area contributed by atoms with Crippen LogP contribution in [0.15, 0.2) is 53.6 Å². The fourth-order valence-corrected chi connectivity index (χ4v) is 2.77. The van der Waals surface area contributed by atoms with Crippen LogP contribution in [-0.4, -0.2) is 44.5 Å². The lowest BCUT2D eigenvalue weighted by Gasteiger charge is -2.35. The minimum absolute atomic E-state index is 0.743. The third-order valence-corrected chi connectivity index (χ3v) is 4.17. The number of rotatable bonds is 4. The van der Waals surface area contributed by atoms with E-state index >= 15 is 0 Å². The van der Waals surface area contributed by atoms with Gasteiger partial charge >= 0.3 is 0 Å². The van der Waals surface area contributed by atoms with Crippen molar-refractivity contribution in [1.82, 2.24) is 5.01 Å². The molecule has 2 aromatic rings. The fraction of sp³-hybridized carbons (Fsp3) is 0.278. The van der Waals surface area contributed by atoms with Crippen molar-refractivity contribution in [3.8, 4) is 5.75 Å². The van der Waals surface area contributed by atoms with Crippen molar-refractivity contribution in [2.75, 3.05) is 38.2 Å². The lowest BCUT2D eigenvalue weighted by atomic mass is 10.2. The molecular weight excluding hydrogens is 310 g/mol. The molecule has 1 fully saturated rings. The first-order valence-corrected chi connectivity index (χ1v) is 8.06. The summed E-state index contributed by atoms with van der Waals surface area (Å²) in [4.78, 5) is 2.34. The first-order valence-electron chi connectivity index (χ1n) is 7.69. The second-order valence-electron chi connectivity index (χ2n) is 5.41. The van der Waals surface area contributed by atoms with Gasteiger partial charge in [0.05, 0.1) is 32.1 Å². The standard InChI is InChI=1S/C18H20ClN3O/c1-23-18-5-3-2-4-17(18)21-10-12-22(13-11-21)20-14-15-6-8-16(19)9-7-15/h2-9,14H,10-13H2,1H3. The number of ether oxygens (including phenoxy) is 1. The van der Waals surface area contributed by atoms with Gasteiger partial charge in [0.25, 0.3) is 0 Å². The monoisotopic (exact) mass is 329 g/mol. The number of hydrogen-bond acceptors (Lipinski definition) is 4. The first kappa shape index (κ1) is 15.7. The zero-order valence-electron chi connectivity index (χ0n) is 13.2. The highest BCUT2D eigenvalue weighted by molar-refractivity contribution is 6.30. The average molecular weight is 330 g/mol. The number of piperazine rings is 1. The molecule has 0 unspecified atom stereocenters. The summed E-state index contributed by atoms with van der Waals surface area (Å²) in [6.07, 6.45) is 1.88.